The van der Waals surface area contributed by atoms with Gasteiger partial charge in [-0.05, 0) is 73.6 Å². The van der Waals surface area contributed by atoms with Gasteiger partial charge in [0, 0.05) is 24.4 Å². The van der Waals surface area contributed by atoms with Crippen molar-refractivity contribution < 1.29 is 26.5 Å². The van der Waals surface area contributed by atoms with Gasteiger partial charge in [-0.15, -0.1) is 0 Å². The Labute approximate surface area is 220 Å². The Kier molecular flexibility index (Phi) is 7.48. The van der Waals surface area contributed by atoms with Crippen molar-refractivity contribution in [3.63, 3.8) is 0 Å². The molecular formula is C28H48O6SSi. The Morgan fingerprint density at radius 2 is 1.92 bits per heavy atom. The van der Waals surface area contributed by atoms with E-state index in [0.29, 0.717) is 24.9 Å². The molecule has 0 aromatic carbocycles. The van der Waals surface area contributed by atoms with Gasteiger partial charge in [-0.3, -0.25) is 4.18 Å². The third-order valence-corrected chi connectivity index (χ3v) is 15.2. The molecule has 0 spiro atoms. The minimum absolute atomic E-state index is 0.0126. The molecule has 1 heterocycles. The largest absolute Gasteiger partial charge is 0.547 e. The second kappa shape index (κ2) is 9.51. The van der Waals surface area contributed by atoms with Crippen LogP contribution in [0.1, 0.15) is 67.2 Å². The van der Waals surface area contributed by atoms with Crippen LogP contribution in [0.5, 0.6) is 0 Å². The molecule has 0 amide bonds. The normalized spacial score (nSPS) is 40.8. The lowest BCUT2D eigenvalue weighted by atomic mass is 9.41. The lowest BCUT2D eigenvalue weighted by Crippen LogP contribution is -2.68. The molecule has 0 aromatic rings. The number of allylic oxidation sites excluding steroid dienone is 4. The summed E-state index contributed by atoms with van der Waals surface area (Å²) < 4.78 is 50.3. The van der Waals surface area contributed by atoms with Crippen LogP contribution >= 0.6 is 0 Å². The van der Waals surface area contributed by atoms with E-state index in [1.807, 2.05) is 6.92 Å². The average molecular weight is 541 g/mol. The first-order valence-corrected chi connectivity index (χ1v) is 18.4. The van der Waals surface area contributed by atoms with Gasteiger partial charge in [0.2, 0.25) is 8.32 Å². The second-order valence-electron chi connectivity index (χ2n) is 13.5. The molecule has 8 atom stereocenters. The van der Waals surface area contributed by atoms with E-state index in [1.54, 1.807) is 0 Å². The summed E-state index contributed by atoms with van der Waals surface area (Å²) in [5.41, 5.74) is -0.454. The van der Waals surface area contributed by atoms with E-state index in [2.05, 4.69) is 65.9 Å². The monoisotopic (exact) mass is 540 g/mol. The molecule has 0 radical (unpaired) electrons. The Morgan fingerprint density at radius 3 is 2.53 bits per heavy atom. The van der Waals surface area contributed by atoms with Gasteiger partial charge in [0.1, 0.15) is 0 Å². The molecule has 0 bridgehead atoms. The summed E-state index contributed by atoms with van der Waals surface area (Å²) in [5, 5.41) is 0.0538. The SMILES string of the molecule is CCO[C@@H]1C[C@H]2C(O[Si](C)(C)C(C)(C)C)=CC[C@@H]3[C@@]4(C)CC=C[C@@H](C)[C@@H]4C[C@@H](O1)[C@]32COS(C)(=O)=O. The molecule has 0 N–H and O–H groups in total. The van der Waals surface area contributed by atoms with Crippen LogP contribution in [0.2, 0.25) is 18.1 Å². The third kappa shape index (κ3) is 4.78. The first-order chi connectivity index (χ1) is 16.5. The minimum atomic E-state index is -3.62. The van der Waals surface area contributed by atoms with Gasteiger partial charge >= 0.3 is 0 Å². The summed E-state index contributed by atoms with van der Waals surface area (Å²) >= 11 is 0. The number of hydrogen-bond acceptors (Lipinski definition) is 6. The zero-order valence-corrected chi connectivity index (χ0v) is 25.6. The van der Waals surface area contributed by atoms with Gasteiger partial charge in [0.15, 0.2) is 6.29 Å². The minimum Gasteiger partial charge on any atom is -0.547 e. The van der Waals surface area contributed by atoms with Crippen molar-refractivity contribution in [2.75, 3.05) is 19.5 Å². The second-order valence-corrected chi connectivity index (χ2v) is 19.8. The summed E-state index contributed by atoms with van der Waals surface area (Å²) in [4.78, 5) is 0. The fraction of sp³-hybridized carbons (Fsp3) is 0.857. The molecule has 1 saturated heterocycles. The quantitative estimate of drug-likeness (QED) is 0.215. The van der Waals surface area contributed by atoms with Gasteiger partial charge < -0.3 is 13.9 Å². The molecule has 4 rings (SSSR count). The van der Waals surface area contributed by atoms with Crippen LogP contribution in [-0.4, -0.2) is 48.6 Å². The highest BCUT2D eigenvalue weighted by atomic mass is 32.2. The highest BCUT2D eigenvalue weighted by molar-refractivity contribution is 7.85. The molecule has 3 aliphatic carbocycles. The predicted octanol–water partition coefficient (Wildman–Crippen LogP) is 6.26. The van der Waals surface area contributed by atoms with Gasteiger partial charge in [0.25, 0.3) is 10.1 Å². The standard InChI is InChI=1S/C28H48O6SSi/c1-10-31-25-17-21-22(34-36(8,9)26(3,4)5)13-14-23-27(6)15-11-12-19(2)20(27)16-24(33-25)28(21,23)18-32-35(7,29)30/h11-13,19-21,23-25H,10,14-18H2,1-9H3/t19-,20+,21+,23-,24-,25+,27+,28+/m1/s1. The van der Waals surface area contributed by atoms with Crippen molar-refractivity contribution in [2.24, 2.45) is 34.5 Å². The van der Waals surface area contributed by atoms with Gasteiger partial charge in [0.05, 0.1) is 24.7 Å². The fourth-order valence-electron chi connectivity index (χ4n) is 7.50. The first kappa shape index (κ1) is 28.3. The highest BCUT2D eigenvalue weighted by Gasteiger charge is 2.68. The van der Waals surface area contributed by atoms with Crippen LogP contribution < -0.4 is 0 Å². The lowest BCUT2D eigenvalue weighted by molar-refractivity contribution is -0.304. The van der Waals surface area contributed by atoms with E-state index in [-0.39, 0.29) is 41.3 Å². The van der Waals surface area contributed by atoms with Crippen LogP contribution in [-0.2, 0) is 28.2 Å². The van der Waals surface area contributed by atoms with E-state index >= 15 is 0 Å². The van der Waals surface area contributed by atoms with Crippen molar-refractivity contribution in [2.45, 2.75) is 97.8 Å². The van der Waals surface area contributed by atoms with Crippen molar-refractivity contribution in [3.8, 4) is 0 Å². The third-order valence-electron chi connectivity index (χ3n) is 10.3. The van der Waals surface area contributed by atoms with Crippen molar-refractivity contribution in [1.82, 2.24) is 0 Å². The zero-order valence-electron chi connectivity index (χ0n) is 23.8. The maximum Gasteiger partial charge on any atom is 0.264 e. The zero-order chi connectivity index (χ0) is 26.7. The summed E-state index contributed by atoms with van der Waals surface area (Å²) in [7, 11) is -5.74. The van der Waals surface area contributed by atoms with Gasteiger partial charge in [-0.2, -0.15) is 8.42 Å². The van der Waals surface area contributed by atoms with E-state index in [1.165, 1.54) is 0 Å². The molecule has 206 valence electrons. The molecule has 1 saturated carbocycles. The smallest absolute Gasteiger partial charge is 0.264 e. The summed E-state index contributed by atoms with van der Waals surface area (Å²) in [5.74, 6) is 2.13. The Bertz CT molecular complexity index is 998. The highest BCUT2D eigenvalue weighted by Crippen LogP contribution is 2.68. The molecule has 4 aliphatic rings. The average Bonchev–Trinajstić information content (AvgIpc) is 2.74. The van der Waals surface area contributed by atoms with E-state index in [0.717, 1.165) is 31.3 Å². The predicted molar refractivity (Wildman–Crippen MR) is 145 cm³/mol. The maximum atomic E-state index is 12.4. The van der Waals surface area contributed by atoms with Crippen molar-refractivity contribution >= 4 is 18.4 Å². The molecule has 36 heavy (non-hydrogen) atoms. The van der Waals surface area contributed by atoms with Crippen LogP contribution in [0.25, 0.3) is 0 Å². The molecule has 0 unspecified atom stereocenters. The number of fused-ring (bicyclic) bond motifs is 2. The number of rotatable bonds is 7. The Balaban J connectivity index is 1.86. The maximum absolute atomic E-state index is 12.4. The summed E-state index contributed by atoms with van der Waals surface area (Å²) in [6.07, 6.45) is 11.0. The Hall–Kier alpha value is -0.673. The topological polar surface area (TPSA) is 71.1 Å². The lowest BCUT2D eigenvalue weighted by Gasteiger charge is -2.67. The van der Waals surface area contributed by atoms with Crippen molar-refractivity contribution in [1.29, 1.82) is 0 Å². The summed E-state index contributed by atoms with van der Waals surface area (Å²) in [6.45, 7) is 18.7. The molecule has 6 nitrogen and oxygen atoms in total. The van der Waals surface area contributed by atoms with E-state index in [4.69, 9.17) is 18.1 Å². The number of hydrogen-bond donors (Lipinski definition) is 0. The van der Waals surface area contributed by atoms with E-state index < -0.39 is 23.9 Å². The van der Waals surface area contributed by atoms with E-state index in [9.17, 15) is 8.42 Å². The van der Waals surface area contributed by atoms with Crippen LogP contribution in [0.3, 0.4) is 0 Å². The molecule has 8 heteroatoms. The Morgan fingerprint density at radius 1 is 1.22 bits per heavy atom. The van der Waals surface area contributed by atoms with Gasteiger partial charge in [-0.25, -0.2) is 0 Å². The van der Waals surface area contributed by atoms with Crippen LogP contribution in [0.15, 0.2) is 24.0 Å². The molecular weight excluding hydrogens is 492 g/mol. The molecule has 0 aromatic heterocycles. The van der Waals surface area contributed by atoms with Crippen molar-refractivity contribution in [3.05, 3.63) is 24.0 Å². The van der Waals surface area contributed by atoms with Gasteiger partial charge in [-0.1, -0.05) is 46.8 Å². The molecule has 1 aliphatic heterocycles. The summed E-state index contributed by atoms with van der Waals surface area (Å²) in [6, 6.07) is 0. The number of ether oxygens (including phenoxy) is 2. The van der Waals surface area contributed by atoms with Crippen LogP contribution in [0.4, 0.5) is 0 Å². The first-order valence-electron chi connectivity index (χ1n) is 13.7. The van der Waals surface area contributed by atoms with Crippen LogP contribution in [0, 0.1) is 34.5 Å². The molecule has 2 fully saturated rings. The fourth-order valence-corrected chi connectivity index (χ4v) is 9.04.